The quantitative estimate of drug-likeness (QED) is 0.363. The molecule has 2 aliphatic rings. The molecule has 5 nitrogen and oxygen atoms in total. The Morgan fingerprint density at radius 3 is 2.21 bits per heavy atom. The molecule has 1 amide bonds. The summed E-state index contributed by atoms with van der Waals surface area (Å²) in [6, 6.07) is 8.91. The van der Waals surface area contributed by atoms with Crippen LogP contribution in [0.3, 0.4) is 0 Å². The van der Waals surface area contributed by atoms with Gasteiger partial charge in [-0.05, 0) is 106 Å². The number of benzene rings is 2. The number of nitrogens with zero attached hydrogens (tertiary/aromatic N) is 3. The Morgan fingerprint density at radius 2 is 1.59 bits per heavy atom. The highest BCUT2D eigenvalue weighted by Gasteiger charge is 2.31. The largest absolute Gasteiger partial charge is 0.493 e. The van der Waals surface area contributed by atoms with Crippen molar-refractivity contribution in [3.8, 4) is 5.75 Å². The summed E-state index contributed by atoms with van der Waals surface area (Å²) in [6.45, 7) is 15.5. The number of ether oxygens (including phenoxy) is 1. The maximum atomic E-state index is 12.9. The first-order chi connectivity index (χ1) is 18.5. The topological polar surface area (TPSA) is 36.0 Å². The predicted octanol–water partition coefficient (Wildman–Crippen LogP) is 6.34. The number of carbonyl (C=O) groups is 1. The first-order valence-corrected chi connectivity index (χ1v) is 14.2. The highest BCUT2D eigenvalue weighted by atomic mass is 19.4. The lowest BCUT2D eigenvalue weighted by atomic mass is 9.96. The van der Waals surface area contributed by atoms with Crippen LogP contribution < -0.4 is 4.74 Å². The van der Waals surface area contributed by atoms with Crippen molar-refractivity contribution in [1.82, 2.24) is 14.7 Å². The van der Waals surface area contributed by atoms with Crippen LogP contribution in [0.5, 0.6) is 5.75 Å². The second-order valence-electron chi connectivity index (χ2n) is 11.2. The van der Waals surface area contributed by atoms with Crippen LogP contribution in [0.1, 0.15) is 71.8 Å². The van der Waals surface area contributed by atoms with Crippen molar-refractivity contribution >= 4 is 5.91 Å². The summed E-state index contributed by atoms with van der Waals surface area (Å²) >= 11 is 0. The first-order valence-electron chi connectivity index (χ1n) is 14.2. The minimum atomic E-state index is -4.41. The van der Waals surface area contributed by atoms with Crippen LogP contribution in [0.4, 0.5) is 13.2 Å². The molecule has 2 aliphatic heterocycles. The molecule has 8 heteroatoms. The molecule has 2 saturated heterocycles. The third kappa shape index (κ3) is 7.34. The van der Waals surface area contributed by atoms with Crippen molar-refractivity contribution in [2.24, 2.45) is 5.92 Å². The molecule has 0 aromatic heterocycles. The predicted molar refractivity (Wildman–Crippen MR) is 148 cm³/mol. The summed E-state index contributed by atoms with van der Waals surface area (Å²) in [5, 5.41) is 0. The minimum absolute atomic E-state index is 0.183. The molecule has 214 valence electrons. The van der Waals surface area contributed by atoms with Gasteiger partial charge in [-0.25, -0.2) is 0 Å². The molecule has 4 rings (SSSR count). The van der Waals surface area contributed by atoms with Crippen LogP contribution in [0.2, 0.25) is 0 Å². The monoisotopic (exact) mass is 545 g/mol. The lowest BCUT2D eigenvalue weighted by molar-refractivity contribution is -0.137. The van der Waals surface area contributed by atoms with Gasteiger partial charge in [0.15, 0.2) is 0 Å². The Balaban J connectivity index is 1.27. The van der Waals surface area contributed by atoms with Gasteiger partial charge in [-0.3, -0.25) is 9.69 Å². The van der Waals surface area contributed by atoms with Crippen molar-refractivity contribution in [3.63, 3.8) is 0 Å². The van der Waals surface area contributed by atoms with E-state index in [0.717, 1.165) is 43.4 Å². The number of amides is 1. The molecule has 1 unspecified atom stereocenters. The molecule has 0 saturated carbocycles. The number of likely N-dealkylation sites (tertiary alicyclic amines) is 1. The lowest BCUT2D eigenvalue weighted by Crippen LogP contribution is -2.49. The van der Waals surface area contributed by atoms with Gasteiger partial charge in [-0.15, -0.1) is 0 Å². The minimum Gasteiger partial charge on any atom is -0.493 e. The average molecular weight is 546 g/mol. The van der Waals surface area contributed by atoms with Crippen LogP contribution in [-0.4, -0.2) is 73.0 Å². The highest BCUT2D eigenvalue weighted by Crippen LogP contribution is 2.32. The normalized spacial score (nSPS) is 18.8. The number of halogens is 3. The number of piperazine rings is 1. The van der Waals surface area contributed by atoms with Gasteiger partial charge in [0.05, 0.1) is 12.2 Å². The van der Waals surface area contributed by atoms with Crippen molar-refractivity contribution in [2.45, 2.75) is 59.2 Å². The van der Waals surface area contributed by atoms with E-state index in [-0.39, 0.29) is 17.5 Å². The van der Waals surface area contributed by atoms with Gasteiger partial charge in [0.2, 0.25) is 0 Å². The molecule has 2 fully saturated rings. The van der Waals surface area contributed by atoms with E-state index in [1.165, 1.54) is 54.8 Å². The van der Waals surface area contributed by atoms with Crippen molar-refractivity contribution in [1.29, 1.82) is 0 Å². The fourth-order valence-electron chi connectivity index (χ4n) is 5.68. The van der Waals surface area contributed by atoms with Gasteiger partial charge in [0.25, 0.3) is 5.91 Å². The van der Waals surface area contributed by atoms with E-state index >= 15 is 0 Å². The van der Waals surface area contributed by atoms with E-state index in [0.29, 0.717) is 26.2 Å². The smallest absolute Gasteiger partial charge is 0.416 e. The van der Waals surface area contributed by atoms with Crippen molar-refractivity contribution < 1.29 is 22.7 Å². The van der Waals surface area contributed by atoms with Crippen molar-refractivity contribution in [2.75, 3.05) is 52.4 Å². The molecule has 2 aromatic rings. The molecule has 0 bridgehead atoms. The number of carbonyl (C=O) groups excluding carboxylic acids is 1. The Hall–Kier alpha value is -2.58. The maximum Gasteiger partial charge on any atom is 0.416 e. The van der Waals surface area contributed by atoms with Crippen LogP contribution in [0.25, 0.3) is 0 Å². The van der Waals surface area contributed by atoms with Crippen LogP contribution in [0, 0.1) is 19.8 Å². The van der Waals surface area contributed by atoms with Crippen LogP contribution in [-0.2, 0) is 6.18 Å². The van der Waals surface area contributed by atoms with Crippen molar-refractivity contribution in [3.05, 3.63) is 64.2 Å². The molecule has 1 atom stereocenters. The first kappa shape index (κ1) is 29.4. The van der Waals surface area contributed by atoms with Gasteiger partial charge in [-0.2, -0.15) is 13.2 Å². The Kier molecular flexibility index (Phi) is 9.60. The van der Waals surface area contributed by atoms with E-state index in [4.69, 9.17) is 4.74 Å². The molecule has 39 heavy (non-hydrogen) atoms. The number of rotatable bonds is 8. The second-order valence-corrected chi connectivity index (χ2v) is 11.2. The molecular weight excluding hydrogens is 503 g/mol. The molecule has 0 radical (unpaired) electrons. The average Bonchev–Trinajstić information content (AvgIpc) is 2.93. The number of hydrogen-bond donors (Lipinski definition) is 0. The van der Waals surface area contributed by atoms with Gasteiger partial charge < -0.3 is 14.5 Å². The number of hydrogen-bond acceptors (Lipinski definition) is 4. The third-order valence-corrected chi connectivity index (χ3v) is 8.59. The Labute approximate surface area is 230 Å². The molecule has 0 N–H and O–H groups in total. The maximum absolute atomic E-state index is 12.9. The summed E-state index contributed by atoms with van der Waals surface area (Å²) in [7, 11) is 0. The molecule has 2 aromatic carbocycles. The van der Waals surface area contributed by atoms with Crippen LogP contribution >= 0.6 is 0 Å². The van der Waals surface area contributed by atoms with Crippen LogP contribution in [0.15, 0.2) is 36.4 Å². The Morgan fingerprint density at radius 1 is 0.949 bits per heavy atom. The van der Waals surface area contributed by atoms with Gasteiger partial charge in [0.1, 0.15) is 5.75 Å². The summed E-state index contributed by atoms with van der Waals surface area (Å²) in [4.78, 5) is 19.5. The van der Waals surface area contributed by atoms with E-state index in [1.807, 2.05) is 0 Å². The molecule has 0 spiro atoms. The molecule has 2 heterocycles. The number of piperidine rings is 1. The third-order valence-electron chi connectivity index (χ3n) is 8.59. The molecular formula is C31H42F3N3O2. The fraction of sp³-hybridized carbons (Fsp3) is 0.581. The van der Waals surface area contributed by atoms with E-state index in [1.54, 1.807) is 4.90 Å². The summed E-state index contributed by atoms with van der Waals surface area (Å²) in [5.41, 5.74) is 3.20. The number of alkyl halides is 3. The standard InChI is InChI=1S/C31H42F3N3O2/c1-22-12-15-35(16-13-22)14-5-21-39-29-11-10-28(23(2)24(29)3)25(4)36-17-19-37(20-18-36)30(38)26-6-8-27(9-7-26)31(32,33)34/h6-11,22,25H,5,12-21H2,1-4H3. The SMILES string of the molecule is Cc1c(OCCCN2CCC(C)CC2)ccc(C(C)N2CCN(C(=O)c3ccc(C(F)(F)F)cc3)CC2)c1C. The lowest BCUT2D eigenvalue weighted by Gasteiger charge is -2.39. The summed E-state index contributed by atoms with van der Waals surface area (Å²) < 4.78 is 44.7. The highest BCUT2D eigenvalue weighted by molar-refractivity contribution is 5.94. The Bertz CT molecular complexity index is 1100. The van der Waals surface area contributed by atoms with Gasteiger partial charge in [-0.1, -0.05) is 13.0 Å². The summed E-state index contributed by atoms with van der Waals surface area (Å²) in [6.07, 6.45) is -0.789. The van der Waals surface area contributed by atoms with E-state index < -0.39 is 11.7 Å². The zero-order valence-corrected chi connectivity index (χ0v) is 23.7. The van der Waals surface area contributed by atoms with E-state index in [2.05, 4.69) is 49.6 Å². The zero-order chi connectivity index (χ0) is 28.2. The second kappa shape index (κ2) is 12.7. The van der Waals surface area contributed by atoms with Gasteiger partial charge >= 0.3 is 6.18 Å². The summed E-state index contributed by atoms with van der Waals surface area (Å²) in [5.74, 6) is 1.57. The van der Waals surface area contributed by atoms with Gasteiger partial charge in [0, 0.05) is 44.3 Å². The molecule has 0 aliphatic carbocycles. The zero-order valence-electron chi connectivity index (χ0n) is 23.7. The van der Waals surface area contributed by atoms with E-state index in [9.17, 15) is 18.0 Å². The fourth-order valence-corrected chi connectivity index (χ4v) is 5.68.